The standard InChI is InChI=1S/C16H19N3O/c20-10-15-17-18-16(19(15)12-8-9-12)14-7-3-5-11-4-1-2-6-13(11)14/h1-2,4,6,12,14,20H,3,5,7-10H2. The van der Waals surface area contributed by atoms with Gasteiger partial charge in [0.25, 0.3) is 0 Å². The normalized spacial score (nSPS) is 21.8. The lowest BCUT2D eigenvalue weighted by Crippen LogP contribution is -2.16. The van der Waals surface area contributed by atoms with Gasteiger partial charge in [-0.25, -0.2) is 0 Å². The number of aryl methyl sites for hydroxylation is 1. The first-order chi connectivity index (χ1) is 9.88. The van der Waals surface area contributed by atoms with Gasteiger partial charge in [-0.05, 0) is 43.2 Å². The van der Waals surface area contributed by atoms with Crippen molar-refractivity contribution in [2.24, 2.45) is 0 Å². The van der Waals surface area contributed by atoms with Crippen LogP contribution >= 0.6 is 0 Å². The molecule has 1 heterocycles. The molecular formula is C16H19N3O. The highest BCUT2D eigenvalue weighted by Gasteiger charge is 2.33. The minimum atomic E-state index is -0.0160. The molecule has 0 aliphatic heterocycles. The summed E-state index contributed by atoms with van der Waals surface area (Å²) in [7, 11) is 0. The second kappa shape index (κ2) is 4.70. The van der Waals surface area contributed by atoms with Crippen LogP contribution in [0.25, 0.3) is 0 Å². The lowest BCUT2D eigenvalue weighted by atomic mass is 9.82. The minimum absolute atomic E-state index is 0.0160. The first-order valence-electron chi connectivity index (χ1n) is 7.51. The summed E-state index contributed by atoms with van der Waals surface area (Å²) in [5, 5.41) is 18.1. The predicted molar refractivity (Wildman–Crippen MR) is 75.4 cm³/mol. The van der Waals surface area contributed by atoms with Gasteiger partial charge >= 0.3 is 0 Å². The second-order valence-corrected chi connectivity index (χ2v) is 5.88. The Morgan fingerprint density at radius 1 is 1.15 bits per heavy atom. The maximum absolute atomic E-state index is 9.48. The average Bonchev–Trinajstić information content (AvgIpc) is 3.25. The molecule has 1 N–H and O–H groups in total. The minimum Gasteiger partial charge on any atom is -0.388 e. The van der Waals surface area contributed by atoms with Gasteiger partial charge in [0.2, 0.25) is 0 Å². The van der Waals surface area contributed by atoms with Gasteiger partial charge in [-0.2, -0.15) is 0 Å². The van der Waals surface area contributed by atoms with Crippen molar-refractivity contribution in [1.29, 1.82) is 0 Å². The monoisotopic (exact) mass is 269 g/mol. The Morgan fingerprint density at radius 3 is 2.80 bits per heavy atom. The van der Waals surface area contributed by atoms with Crippen LogP contribution in [-0.2, 0) is 13.0 Å². The lowest BCUT2D eigenvalue weighted by molar-refractivity contribution is 0.264. The van der Waals surface area contributed by atoms with Gasteiger partial charge in [-0.15, -0.1) is 10.2 Å². The number of fused-ring (bicyclic) bond motifs is 1. The molecule has 1 fully saturated rings. The van der Waals surface area contributed by atoms with E-state index in [0.717, 1.165) is 24.5 Å². The molecule has 0 spiro atoms. The van der Waals surface area contributed by atoms with Gasteiger partial charge < -0.3 is 9.67 Å². The zero-order valence-corrected chi connectivity index (χ0v) is 11.5. The summed E-state index contributed by atoms with van der Waals surface area (Å²) >= 11 is 0. The van der Waals surface area contributed by atoms with Crippen LogP contribution in [0.1, 0.15) is 60.4 Å². The van der Waals surface area contributed by atoms with E-state index in [9.17, 15) is 5.11 Å². The molecule has 1 atom stereocenters. The molecule has 1 saturated carbocycles. The summed E-state index contributed by atoms with van der Waals surface area (Å²) in [5.74, 6) is 2.13. The zero-order valence-electron chi connectivity index (χ0n) is 11.5. The Bertz CT molecular complexity index is 630. The molecule has 20 heavy (non-hydrogen) atoms. The Morgan fingerprint density at radius 2 is 2.00 bits per heavy atom. The third-order valence-electron chi connectivity index (χ3n) is 4.53. The summed E-state index contributed by atoms with van der Waals surface area (Å²) in [5.41, 5.74) is 2.84. The number of hydrogen-bond donors (Lipinski definition) is 1. The number of aliphatic hydroxyl groups excluding tert-OH is 1. The fourth-order valence-corrected chi connectivity index (χ4v) is 3.44. The Balaban J connectivity index is 1.81. The molecule has 1 aromatic carbocycles. The van der Waals surface area contributed by atoms with Crippen molar-refractivity contribution in [2.75, 3.05) is 0 Å². The lowest BCUT2D eigenvalue weighted by Gasteiger charge is -2.25. The van der Waals surface area contributed by atoms with Crippen LogP contribution in [0.5, 0.6) is 0 Å². The van der Waals surface area contributed by atoms with E-state index >= 15 is 0 Å². The smallest absolute Gasteiger partial charge is 0.159 e. The van der Waals surface area contributed by atoms with Crippen molar-refractivity contribution in [1.82, 2.24) is 14.8 Å². The molecule has 0 saturated heterocycles. The molecule has 0 bridgehead atoms. The van der Waals surface area contributed by atoms with Crippen LogP contribution < -0.4 is 0 Å². The third-order valence-corrected chi connectivity index (χ3v) is 4.53. The first kappa shape index (κ1) is 12.1. The van der Waals surface area contributed by atoms with E-state index < -0.39 is 0 Å². The van der Waals surface area contributed by atoms with Gasteiger partial charge in [0, 0.05) is 12.0 Å². The molecule has 4 nitrogen and oxygen atoms in total. The maximum atomic E-state index is 9.48. The highest BCUT2D eigenvalue weighted by molar-refractivity contribution is 5.36. The Hall–Kier alpha value is -1.68. The fraction of sp³-hybridized carbons (Fsp3) is 0.500. The molecule has 0 radical (unpaired) electrons. The summed E-state index contributed by atoms with van der Waals surface area (Å²) in [4.78, 5) is 0. The van der Waals surface area contributed by atoms with Crippen molar-refractivity contribution < 1.29 is 5.11 Å². The van der Waals surface area contributed by atoms with Crippen molar-refractivity contribution in [2.45, 2.75) is 50.7 Å². The van der Waals surface area contributed by atoms with E-state index in [1.165, 1.54) is 30.4 Å². The summed E-state index contributed by atoms with van der Waals surface area (Å²) in [6, 6.07) is 9.19. The molecule has 1 aromatic heterocycles. The number of benzene rings is 1. The number of aliphatic hydroxyl groups is 1. The molecule has 0 amide bonds. The summed E-state index contributed by atoms with van der Waals surface area (Å²) < 4.78 is 2.20. The number of rotatable bonds is 3. The largest absolute Gasteiger partial charge is 0.388 e. The van der Waals surface area contributed by atoms with Crippen LogP contribution in [0.2, 0.25) is 0 Å². The molecule has 2 aromatic rings. The van der Waals surface area contributed by atoms with Crippen molar-refractivity contribution >= 4 is 0 Å². The third kappa shape index (κ3) is 1.86. The number of aromatic nitrogens is 3. The molecule has 4 heteroatoms. The Kier molecular flexibility index (Phi) is 2.84. The van der Waals surface area contributed by atoms with Gasteiger partial charge in [-0.1, -0.05) is 24.3 Å². The van der Waals surface area contributed by atoms with Gasteiger partial charge in [-0.3, -0.25) is 0 Å². The van der Waals surface area contributed by atoms with E-state index in [1.807, 2.05) is 0 Å². The van der Waals surface area contributed by atoms with Crippen LogP contribution in [0, 0.1) is 0 Å². The van der Waals surface area contributed by atoms with Crippen LogP contribution in [0.15, 0.2) is 24.3 Å². The van der Waals surface area contributed by atoms with E-state index in [0.29, 0.717) is 12.0 Å². The van der Waals surface area contributed by atoms with Crippen molar-refractivity contribution in [3.05, 3.63) is 47.0 Å². The molecule has 2 aliphatic rings. The quantitative estimate of drug-likeness (QED) is 0.931. The van der Waals surface area contributed by atoms with Crippen LogP contribution in [0.4, 0.5) is 0 Å². The molecule has 1 unspecified atom stereocenters. The maximum Gasteiger partial charge on any atom is 0.159 e. The van der Waals surface area contributed by atoms with Gasteiger partial charge in [0.1, 0.15) is 12.4 Å². The SMILES string of the molecule is OCc1nnc(C2CCCc3ccccc32)n1C1CC1. The van der Waals surface area contributed by atoms with E-state index in [-0.39, 0.29) is 6.61 Å². The van der Waals surface area contributed by atoms with E-state index in [1.54, 1.807) is 0 Å². The molecule has 2 aliphatic carbocycles. The van der Waals surface area contributed by atoms with Crippen LogP contribution in [-0.4, -0.2) is 19.9 Å². The van der Waals surface area contributed by atoms with Gasteiger partial charge in [0.15, 0.2) is 5.82 Å². The van der Waals surface area contributed by atoms with E-state index in [4.69, 9.17) is 0 Å². The second-order valence-electron chi connectivity index (χ2n) is 5.88. The highest BCUT2D eigenvalue weighted by atomic mass is 16.3. The van der Waals surface area contributed by atoms with Crippen LogP contribution in [0.3, 0.4) is 0 Å². The summed E-state index contributed by atoms with van der Waals surface area (Å²) in [6.07, 6.45) is 5.87. The van der Waals surface area contributed by atoms with Crippen molar-refractivity contribution in [3.63, 3.8) is 0 Å². The average molecular weight is 269 g/mol. The first-order valence-corrected chi connectivity index (χ1v) is 7.51. The van der Waals surface area contributed by atoms with E-state index in [2.05, 4.69) is 39.0 Å². The molecule has 104 valence electrons. The molecular weight excluding hydrogens is 250 g/mol. The highest BCUT2D eigenvalue weighted by Crippen LogP contribution is 2.42. The topological polar surface area (TPSA) is 50.9 Å². The Labute approximate surface area is 118 Å². The van der Waals surface area contributed by atoms with Crippen molar-refractivity contribution in [3.8, 4) is 0 Å². The zero-order chi connectivity index (χ0) is 13.5. The number of nitrogens with zero attached hydrogens (tertiary/aromatic N) is 3. The fourth-order valence-electron chi connectivity index (χ4n) is 3.44. The predicted octanol–water partition coefficient (Wildman–Crippen LogP) is 2.57. The molecule has 4 rings (SSSR count). The number of hydrogen-bond acceptors (Lipinski definition) is 3. The van der Waals surface area contributed by atoms with Gasteiger partial charge in [0.05, 0.1) is 0 Å². The summed E-state index contributed by atoms with van der Waals surface area (Å²) in [6.45, 7) is -0.0160.